The lowest BCUT2D eigenvalue weighted by Crippen LogP contribution is -2.54. The first-order valence-corrected chi connectivity index (χ1v) is 9.28. The molecule has 3 heteroatoms. The first-order chi connectivity index (χ1) is 10.8. The summed E-state index contributed by atoms with van der Waals surface area (Å²) in [6, 6.07) is 0. The Bertz CT molecular complexity index is 632. The highest BCUT2D eigenvalue weighted by Gasteiger charge is 2.63. The Hall–Kier alpha value is -0.780. The van der Waals surface area contributed by atoms with Gasteiger partial charge in [-0.2, -0.15) is 0 Å². The van der Waals surface area contributed by atoms with Crippen molar-refractivity contribution in [2.24, 2.45) is 28.6 Å². The van der Waals surface area contributed by atoms with Gasteiger partial charge < -0.3 is 5.11 Å². The number of carbonyl (C=O) groups excluding carboxylic acids is 1. The van der Waals surface area contributed by atoms with Crippen molar-refractivity contribution in [2.75, 3.05) is 0 Å². The van der Waals surface area contributed by atoms with Crippen molar-refractivity contribution in [3.63, 3.8) is 0 Å². The summed E-state index contributed by atoms with van der Waals surface area (Å²) >= 11 is 0. The van der Waals surface area contributed by atoms with Gasteiger partial charge in [-0.05, 0) is 74.2 Å². The molecule has 0 amide bonds. The van der Waals surface area contributed by atoms with E-state index in [4.69, 9.17) is 6.42 Å². The number of hydrogen-bond donors (Lipinski definition) is 1. The molecule has 3 fully saturated rings. The largest absolute Gasteiger partial charge is 0.377 e. The van der Waals surface area contributed by atoms with E-state index in [1.807, 2.05) is 6.08 Å². The zero-order chi connectivity index (χ0) is 16.5. The molecule has 0 unspecified atom stereocenters. The quantitative estimate of drug-likeness (QED) is 0.662. The van der Waals surface area contributed by atoms with Crippen LogP contribution in [0.15, 0.2) is 11.6 Å². The van der Waals surface area contributed by atoms with Crippen LogP contribution in [0.2, 0.25) is 0 Å². The second-order valence-electron chi connectivity index (χ2n) is 8.97. The van der Waals surface area contributed by atoms with Crippen molar-refractivity contribution < 1.29 is 9.90 Å². The van der Waals surface area contributed by atoms with Gasteiger partial charge >= 0.3 is 0 Å². The van der Waals surface area contributed by atoms with Crippen molar-refractivity contribution in [3.8, 4) is 12.3 Å². The fourth-order valence-corrected chi connectivity index (χ4v) is 6.81. The Balaban J connectivity index is 0.00000169. The van der Waals surface area contributed by atoms with Gasteiger partial charge in [-0.15, -0.1) is 18.8 Å². The number of allylic oxidation sites excluding steroid dienone is 1. The lowest BCUT2D eigenvalue weighted by Gasteiger charge is -2.58. The van der Waals surface area contributed by atoms with Crippen LogP contribution < -0.4 is 0 Å². The van der Waals surface area contributed by atoms with E-state index in [0.717, 1.165) is 38.5 Å². The number of rotatable bonds is 0. The van der Waals surface area contributed by atoms with Gasteiger partial charge in [0.25, 0.3) is 0 Å². The molecular weight excluding hydrogens is 320 g/mol. The van der Waals surface area contributed by atoms with Crippen LogP contribution in [0, 0.1) is 40.9 Å². The summed E-state index contributed by atoms with van der Waals surface area (Å²) in [6.45, 7) is 4.63. The molecule has 132 valence electrons. The first-order valence-electron chi connectivity index (χ1n) is 9.28. The van der Waals surface area contributed by atoms with E-state index >= 15 is 0 Å². The van der Waals surface area contributed by atoms with Gasteiger partial charge in [0.15, 0.2) is 5.78 Å². The minimum Gasteiger partial charge on any atom is -0.377 e. The lowest BCUT2D eigenvalue weighted by atomic mass is 9.46. The molecule has 3 saturated carbocycles. The topological polar surface area (TPSA) is 37.3 Å². The number of ketones is 1. The van der Waals surface area contributed by atoms with Gasteiger partial charge in [0, 0.05) is 11.8 Å². The molecule has 1 N–H and O–H groups in total. The molecule has 0 aromatic heterocycles. The van der Waals surface area contributed by atoms with Crippen molar-refractivity contribution in [3.05, 3.63) is 11.6 Å². The monoisotopic (exact) mass is 348 g/mol. The first kappa shape index (κ1) is 18.0. The van der Waals surface area contributed by atoms with Crippen LogP contribution in [0.25, 0.3) is 0 Å². The number of hydrogen-bond acceptors (Lipinski definition) is 2. The third-order valence-corrected chi connectivity index (χ3v) is 8.35. The molecule has 24 heavy (non-hydrogen) atoms. The predicted octanol–water partition coefficient (Wildman–Crippen LogP) is 4.30. The predicted molar refractivity (Wildman–Crippen MR) is 97.7 cm³/mol. The van der Waals surface area contributed by atoms with E-state index in [0.29, 0.717) is 30.0 Å². The molecule has 0 bridgehead atoms. The minimum atomic E-state index is -0.914. The summed E-state index contributed by atoms with van der Waals surface area (Å²) in [4.78, 5) is 11.8. The number of aliphatic hydroxyl groups is 1. The van der Waals surface area contributed by atoms with Crippen molar-refractivity contribution in [1.29, 1.82) is 0 Å². The van der Waals surface area contributed by atoms with Crippen LogP contribution in [0.1, 0.15) is 65.2 Å². The standard InChI is InChI=1S/C21H28O2.ClH/c1-4-21(23)12-9-18-16-6-5-14-13-15(22)7-10-19(14,2)17(16)8-11-20(18,21)3;/h1,13,16-18,23H,5-12H2,2-3H3;1H/t16-,17+,18+,19+,20+,21+;/m1./s1. The number of carbonyl (C=O) groups is 1. The Morgan fingerprint density at radius 3 is 2.54 bits per heavy atom. The van der Waals surface area contributed by atoms with Gasteiger partial charge in [0.05, 0.1) is 0 Å². The van der Waals surface area contributed by atoms with Gasteiger partial charge in [0.1, 0.15) is 5.60 Å². The number of terminal acetylenes is 1. The van der Waals surface area contributed by atoms with Crippen LogP contribution >= 0.6 is 12.4 Å². The second-order valence-corrected chi connectivity index (χ2v) is 8.97. The SMILES string of the molecule is C#C[C@]1(O)CC[C@H]2[C@@H]3CCC4=CC(=O)CC[C@]4(C)[C@H]3CC[C@@]21C.Cl. The smallest absolute Gasteiger partial charge is 0.155 e. The van der Waals surface area contributed by atoms with E-state index in [-0.39, 0.29) is 23.2 Å². The van der Waals surface area contributed by atoms with Crippen LogP contribution in [-0.2, 0) is 4.79 Å². The van der Waals surface area contributed by atoms with E-state index < -0.39 is 5.60 Å². The lowest BCUT2D eigenvalue weighted by molar-refractivity contribution is -0.119. The summed E-state index contributed by atoms with van der Waals surface area (Å²) in [7, 11) is 0. The third kappa shape index (κ3) is 2.10. The molecule has 0 heterocycles. The molecule has 0 aromatic rings. The van der Waals surface area contributed by atoms with E-state index in [1.54, 1.807) is 0 Å². The summed E-state index contributed by atoms with van der Waals surface area (Å²) < 4.78 is 0. The molecule has 4 rings (SSSR count). The molecular formula is C21H29ClO2. The maximum absolute atomic E-state index is 11.8. The molecule has 4 aliphatic rings. The molecule has 0 aromatic carbocycles. The maximum atomic E-state index is 11.8. The Labute approximate surface area is 151 Å². The maximum Gasteiger partial charge on any atom is 0.155 e. The van der Waals surface area contributed by atoms with Crippen LogP contribution in [0.5, 0.6) is 0 Å². The molecule has 0 aliphatic heterocycles. The van der Waals surface area contributed by atoms with Crippen molar-refractivity contribution in [2.45, 2.75) is 70.8 Å². The fourth-order valence-electron chi connectivity index (χ4n) is 6.81. The summed E-state index contributed by atoms with van der Waals surface area (Å²) in [5.41, 5.74) is 0.575. The van der Waals surface area contributed by atoms with Gasteiger partial charge in [0.2, 0.25) is 0 Å². The van der Waals surface area contributed by atoms with E-state index in [2.05, 4.69) is 19.8 Å². The highest BCUT2D eigenvalue weighted by molar-refractivity contribution is 5.91. The fraction of sp³-hybridized carbons (Fsp3) is 0.762. The van der Waals surface area contributed by atoms with Crippen LogP contribution in [-0.4, -0.2) is 16.5 Å². The summed E-state index contributed by atoms with van der Waals surface area (Å²) in [5, 5.41) is 11.0. The molecule has 0 spiro atoms. The molecule has 4 aliphatic carbocycles. The average Bonchev–Trinajstić information content (AvgIpc) is 2.80. The minimum absolute atomic E-state index is 0. The molecule has 2 nitrogen and oxygen atoms in total. The average molecular weight is 349 g/mol. The highest BCUT2D eigenvalue weighted by Crippen LogP contribution is 2.67. The Kier molecular flexibility index (Phi) is 4.22. The van der Waals surface area contributed by atoms with Crippen LogP contribution in [0.4, 0.5) is 0 Å². The molecule has 0 saturated heterocycles. The summed E-state index contributed by atoms with van der Waals surface area (Å²) in [6.07, 6.45) is 15.6. The molecule has 6 atom stereocenters. The Morgan fingerprint density at radius 2 is 1.83 bits per heavy atom. The van der Waals surface area contributed by atoms with Gasteiger partial charge in [-0.25, -0.2) is 0 Å². The van der Waals surface area contributed by atoms with Crippen molar-refractivity contribution >= 4 is 18.2 Å². The van der Waals surface area contributed by atoms with Crippen LogP contribution in [0.3, 0.4) is 0 Å². The zero-order valence-electron chi connectivity index (χ0n) is 14.8. The number of halogens is 1. The van der Waals surface area contributed by atoms with Gasteiger partial charge in [-0.1, -0.05) is 25.3 Å². The molecule has 0 radical (unpaired) electrons. The van der Waals surface area contributed by atoms with Gasteiger partial charge in [-0.3, -0.25) is 4.79 Å². The van der Waals surface area contributed by atoms with E-state index in [9.17, 15) is 9.90 Å². The normalized spacial score (nSPS) is 49.8. The summed E-state index contributed by atoms with van der Waals surface area (Å²) in [5.74, 6) is 4.93. The third-order valence-electron chi connectivity index (χ3n) is 8.35. The Morgan fingerprint density at radius 1 is 1.12 bits per heavy atom. The highest BCUT2D eigenvalue weighted by atomic mass is 35.5. The number of fused-ring (bicyclic) bond motifs is 5. The second kappa shape index (κ2) is 5.61. The zero-order valence-corrected chi connectivity index (χ0v) is 15.6. The van der Waals surface area contributed by atoms with Crippen molar-refractivity contribution in [1.82, 2.24) is 0 Å². The van der Waals surface area contributed by atoms with E-state index in [1.165, 1.54) is 12.0 Å².